The van der Waals surface area contributed by atoms with Crippen molar-refractivity contribution < 1.29 is 27.9 Å². The number of benzene rings is 1. The van der Waals surface area contributed by atoms with Gasteiger partial charge >= 0.3 is 18.2 Å². The van der Waals surface area contributed by atoms with Gasteiger partial charge in [-0.15, -0.1) is 0 Å². The van der Waals surface area contributed by atoms with E-state index in [9.17, 15) is 27.9 Å². The van der Waals surface area contributed by atoms with Crippen molar-refractivity contribution >= 4 is 17.7 Å². The summed E-state index contributed by atoms with van der Waals surface area (Å²) in [4.78, 5) is 24.8. The largest absolute Gasteiger partial charge is 0.471 e. The highest BCUT2D eigenvalue weighted by molar-refractivity contribution is 5.87. The highest BCUT2D eigenvalue weighted by Gasteiger charge is 2.44. The number of rotatable bonds is 3. The molecule has 0 radical (unpaired) electrons. The average molecular weight is 344 g/mol. The Bertz CT molecular complexity index is 619. The molecule has 1 heterocycles. The first kappa shape index (κ1) is 18.1. The molecule has 8 heteroatoms. The van der Waals surface area contributed by atoms with Crippen LogP contribution in [0.15, 0.2) is 24.3 Å². The lowest BCUT2D eigenvalue weighted by atomic mass is 9.89. The van der Waals surface area contributed by atoms with E-state index in [4.69, 9.17) is 0 Å². The molecule has 0 aromatic heterocycles. The van der Waals surface area contributed by atoms with Gasteiger partial charge in [0, 0.05) is 25.6 Å². The smallest absolute Gasteiger partial charge is 0.465 e. The van der Waals surface area contributed by atoms with Crippen molar-refractivity contribution in [1.29, 1.82) is 0 Å². The lowest BCUT2D eigenvalue weighted by molar-refractivity contribution is -0.186. The van der Waals surface area contributed by atoms with Crippen LogP contribution < -0.4 is 4.90 Å². The molecular weight excluding hydrogens is 325 g/mol. The quantitative estimate of drug-likeness (QED) is 0.913. The molecule has 1 aliphatic heterocycles. The molecule has 132 valence electrons. The van der Waals surface area contributed by atoms with Crippen LogP contribution in [0.1, 0.15) is 31.2 Å². The molecule has 0 aliphatic carbocycles. The summed E-state index contributed by atoms with van der Waals surface area (Å²) < 4.78 is 38.0. The van der Waals surface area contributed by atoms with E-state index in [0.29, 0.717) is 24.1 Å². The summed E-state index contributed by atoms with van der Waals surface area (Å²) in [6.45, 7) is 1.91. The fraction of sp³-hybridized carbons (Fsp3) is 0.500. The number of anilines is 1. The van der Waals surface area contributed by atoms with Crippen molar-refractivity contribution in [3.63, 3.8) is 0 Å². The summed E-state index contributed by atoms with van der Waals surface area (Å²) in [6.07, 6.45) is -4.96. The Morgan fingerprint density at radius 3 is 2.58 bits per heavy atom. The topological polar surface area (TPSA) is 60.9 Å². The molecule has 1 atom stereocenters. The summed E-state index contributed by atoms with van der Waals surface area (Å²) in [5, 5.41) is 9.31. The van der Waals surface area contributed by atoms with E-state index in [1.165, 1.54) is 0 Å². The minimum atomic E-state index is -4.89. The summed E-state index contributed by atoms with van der Waals surface area (Å²) >= 11 is 0. The third-order valence-electron chi connectivity index (χ3n) is 4.17. The Morgan fingerprint density at radius 2 is 2.00 bits per heavy atom. The molecule has 1 fully saturated rings. The molecule has 1 saturated heterocycles. The van der Waals surface area contributed by atoms with Crippen LogP contribution in [0.4, 0.5) is 23.7 Å². The molecule has 0 saturated carbocycles. The third kappa shape index (κ3) is 3.80. The summed E-state index contributed by atoms with van der Waals surface area (Å²) in [5.74, 6) is -2.16. The van der Waals surface area contributed by atoms with Crippen LogP contribution in [0.3, 0.4) is 0 Å². The second-order valence-electron chi connectivity index (χ2n) is 5.67. The highest BCUT2D eigenvalue weighted by atomic mass is 19.4. The molecule has 24 heavy (non-hydrogen) atoms. The van der Waals surface area contributed by atoms with Gasteiger partial charge < -0.3 is 10.0 Å². The number of amides is 2. The predicted molar refractivity (Wildman–Crippen MR) is 82.1 cm³/mol. The van der Waals surface area contributed by atoms with E-state index in [2.05, 4.69) is 0 Å². The van der Waals surface area contributed by atoms with Crippen LogP contribution in [0.2, 0.25) is 0 Å². The van der Waals surface area contributed by atoms with Gasteiger partial charge in [0.25, 0.3) is 0 Å². The average Bonchev–Trinajstić information content (AvgIpc) is 2.54. The number of likely N-dealkylation sites (tertiary alicyclic amines) is 1. The lowest BCUT2D eigenvalue weighted by Crippen LogP contribution is -2.46. The van der Waals surface area contributed by atoms with Crippen molar-refractivity contribution in [2.75, 3.05) is 24.5 Å². The van der Waals surface area contributed by atoms with Crippen LogP contribution >= 0.6 is 0 Å². The molecule has 1 aromatic carbocycles. The van der Waals surface area contributed by atoms with E-state index in [0.717, 1.165) is 9.80 Å². The predicted octanol–water partition coefficient (Wildman–Crippen LogP) is 3.46. The number of para-hydroxylation sites is 1. The standard InChI is InChI=1S/C16H19F3N2O3/c1-2-21(15(23)24)13-8-4-3-7-12(13)11-6-5-9-20(10-11)14(22)16(17,18)19/h3-4,7-8,11H,2,5-6,9-10H2,1H3,(H,23,24). The number of alkyl halides is 3. The van der Waals surface area contributed by atoms with E-state index in [1.54, 1.807) is 31.2 Å². The zero-order valence-corrected chi connectivity index (χ0v) is 13.2. The van der Waals surface area contributed by atoms with Gasteiger partial charge in [-0.3, -0.25) is 9.69 Å². The zero-order chi connectivity index (χ0) is 17.9. The van der Waals surface area contributed by atoms with Crippen LogP contribution in [0, 0.1) is 0 Å². The molecule has 1 aromatic rings. The van der Waals surface area contributed by atoms with E-state index in [1.807, 2.05) is 0 Å². The number of piperidine rings is 1. The Kier molecular flexibility index (Phi) is 5.36. The molecule has 1 N–H and O–H groups in total. The number of carboxylic acid groups (broad SMARTS) is 1. The minimum Gasteiger partial charge on any atom is -0.465 e. The monoisotopic (exact) mass is 344 g/mol. The molecule has 5 nitrogen and oxygen atoms in total. The number of carbonyl (C=O) groups excluding carboxylic acids is 1. The van der Waals surface area contributed by atoms with E-state index >= 15 is 0 Å². The van der Waals surface area contributed by atoms with Crippen LogP contribution in [0.5, 0.6) is 0 Å². The van der Waals surface area contributed by atoms with Gasteiger partial charge in [0.1, 0.15) is 0 Å². The Morgan fingerprint density at radius 1 is 1.33 bits per heavy atom. The number of halogens is 3. The van der Waals surface area contributed by atoms with Gasteiger partial charge in [0.15, 0.2) is 0 Å². The molecule has 0 bridgehead atoms. The Labute approximate surface area is 137 Å². The van der Waals surface area contributed by atoms with Gasteiger partial charge in [-0.25, -0.2) is 4.79 Å². The fourth-order valence-electron chi connectivity index (χ4n) is 3.08. The van der Waals surface area contributed by atoms with Gasteiger partial charge in [-0.05, 0) is 31.4 Å². The fourth-order valence-corrected chi connectivity index (χ4v) is 3.08. The summed E-state index contributed by atoms with van der Waals surface area (Å²) in [5.41, 5.74) is 1.11. The molecular formula is C16H19F3N2O3. The van der Waals surface area contributed by atoms with Gasteiger partial charge in [0.05, 0.1) is 5.69 Å². The lowest BCUT2D eigenvalue weighted by Gasteiger charge is -2.35. The first-order valence-electron chi connectivity index (χ1n) is 7.71. The number of nitrogens with zero attached hydrogens (tertiary/aromatic N) is 2. The number of hydrogen-bond acceptors (Lipinski definition) is 2. The van der Waals surface area contributed by atoms with Crippen molar-refractivity contribution in [1.82, 2.24) is 4.90 Å². The molecule has 1 aliphatic rings. The van der Waals surface area contributed by atoms with Crippen molar-refractivity contribution in [3.8, 4) is 0 Å². The minimum absolute atomic E-state index is 0.0629. The summed E-state index contributed by atoms with van der Waals surface area (Å²) in [6, 6.07) is 6.76. The first-order chi connectivity index (χ1) is 11.3. The molecule has 2 amide bonds. The third-order valence-corrected chi connectivity index (χ3v) is 4.17. The van der Waals surface area contributed by atoms with Crippen molar-refractivity contribution in [2.24, 2.45) is 0 Å². The maximum atomic E-state index is 12.7. The SMILES string of the molecule is CCN(C(=O)O)c1ccccc1C1CCCN(C(=O)C(F)(F)F)C1. The Hall–Kier alpha value is -2.25. The van der Waals surface area contributed by atoms with E-state index in [-0.39, 0.29) is 25.6 Å². The Balaban J connectivity index is 2.29. The highest BCUT2D eigenvalue weighted by Crippen LogP contribution is 2.35. The summed E-state index contributed by atoms with van der Waals surface area (Å²) in [7, 11) is 0. The maximum absolute atomic E-state index is 12.7. The van der Waals surface area contributed by atoms with Gasteiger partial charge in [-0.1, -0.05) is 18.2 Å². The van der Waals surface area contributed by atoms with Crippen LogP contribution in [-0.2, 0) is 4.79 Å². The van der Waals surface area contributed by atoms with Gasteiger partial charge in [-0.2, -0.15) is 13.2 Å². The van der Waals surface area contributed by atoms with Crippen LogP contribution in [-0.4, -0.2) is 47.8 Å². The van der Waals surface area contributed by atoms with Gasteiger partial charge in [0.2, 0.25) is 0 Å². The number of hydrogen-bond donors (Lipinski definition) is 1. The molecule has 2 rings (SSSR count). The van der Waals surface area contributed by atoms with Crippen molar-refractivity contribution in [2.45, 2.75) is 31.9 Å². The van der Waals surface area contributed by atoms with Crippen molar-refractivity contribution in [3.05, 3.63) is 29.8 Å². The zero-order valence-electron chi connectivity index (χ0n) is 13.2. The first-order valence-corrected chi connectivity index (χ1v) is 7.71. The normalized spacial score (nSPS) is 18.3. The maximum Gasteiger partial charge on any atom is 0.471 e. The molecule has 0 spiro atoms. The second kappa shape index (κ2) is 7.11. The second-order valence-corrected chi connectivity index (χ2v) is 5.67. The number of carbonyl (C=O) groups is 2. The van der Waals surface area contributed by atoms with Crippen LogP contribution in [0.25, 0.3) is 0 Å². The molecule has 1 unspecified atom stereocenters. The van der Waals surface area contributed by atoms with E-state index < -0.39 is 18.2 Å².